The summed E-state index contributed by atoms with van der Waals surface area (Å²) in [5.41, 5.74) is 1.01. The van der Waals surface area contributed by atoms with Gasteiger partial charge in [0.2, 0.25) is 5.82 Å². The summed E-state index contributed by atoms with van der Waals surface area (Å²) in [4.78, 5) is 0. The van der Waals surface area contributed by atoms with Gasteiger partial charge in [-0.3, -0.25) is 0 Å². The Morgan fingerprint density at radius 1 is 0.730 bits per heavy atom. The topological polar surface area (TPSA) is 27.7 Å². The number of rotatable bonds is 10. The van der Waals surface area contributed by atoms with Gasteiger partial charge in [0, 0.05) is 12.2 Å². The van der Waals surface area contributed by atoms with Crippen LogP contribution in [0.4, 0.5) is 17.6 Å². The van der Waals surface area contributed by atoms with E-state index in [0.717, 1.165) is 25.7 Å². The quantitative estimate of drug-likeness (QED) is 0.234. The molecule has 0 amide bonds. The van der Waals surface area contributed by atoms with Gasteiger partial charge in [0.05, 0.1) is 18.8 Å². The lowest BCUT2D eigenvalue weighted by Crippen LogP contribution is -2.23. The number of benzene rings is 2. The fourth-order valence-corrected chi connectivity index (χ4v) is 5.68. The molecule has 202 valence electrons. The fourth-order valence-electron chi connectivity index (χ4n) is 5.68. The molecule has 2 aromatic carbocycles. The smallest absolute Gasteiger partial charge is 0.200 e. The van der Waals surface area contributed by atoms with Gasteiger partial charge < -0.3 is 14.2 Å². The first-order chi connectivity index (χ1) is 17.9. The second-order valence-electron chi connectivity index (χ2n) is 10.0. The molecule has 0 aliphatic heterocycles. The van der Waals surface area contributed by atoms with Gasteiger partial charge in [0.25, 0.3) is 0 Å². The molecule has 4 rings (SSSR count). The van der Waals surface area contributed by atoms with Crippen LogP contribution in [0.1, 0.15) is 86.8 Å². The lowest BCUT2D eigenvalue weighted by atomic mass is 9.79. The highest BCUT2D eigenvalue weighted by Gasteiger charge is 2.30. The van der Waals surface area contributed by atoms with Gasteiger partial charge >= 0.3 is 0 Å². The first kappa shape index (κ1) is 27.6. The third-order valence-corrected chi connectivity index (χ3v) is 7.73. The van der Waals surface area contributed by atoms with Crippen molar-refractivity contribution < 1.29 is 31.8 Å². The van der Waals surface area contributed by atoms with Gasteiger partial charge in [0.15, 0.2) is 23.2 Å². The van der Waals surface area contributed by atoms with E-state index in [9.17, 15) is 8.78 Å². The third kappa shape index (κ3) is 6.55. The van der Waals surface area contributed by atoms with Crippen molar-refractivity contribution in [1.82, 2.24) is 0 Å². The Morgan fingerprint density at radius 3 is 1.78 bits per heavy atom. The predicted octanol–water partition coefficient (Wildman–Crippen LogP) is 8.11. The Balaban J connectivity index is 1.31. The monoisotopic (exact) mass is 520 g/mol. The Labute approximate surface area is 216 Å². The molecule has 2 aromatic rings. The molecule has 0 spiro atoms. The predicted molar refractivity (Wildman–Crippen MR) is 135 cm³/mol. The van der Waals surface area contributed by atoms with E-state index in [2.05, 4.69) is 6.58 Å². The van der Waals surface area contributed by atoms with Crippen LogP contribution in [0.15, 0.2) is 36.9 Å². The Morgan fingerprint density at radius 2 is 1.27 bits per heavy atom. The molecule has 2 aliphatic rings. The minimum atomic E-state index is -1.05. The summed E-state index contributed by atoms with van der Waals surface area (Å²) in [5, 5.41) is 0. The van der Waals surface area contributed by atoms with Crippen molar-refractivity contribution in [2.75, 3.05) is 13.2 Å². The summed E-state index contributed by atoms with van der Waals surface area (Å²) in [7, 11) is 0. The minimum Gasteiger partial charge on any atom is -0.486 e. The molecule has 0 bridgehead atoms. The highest BCUT2D eigenvalue weighted by molar-refractivity contribution is 5.32. The molecule has 0 N–H and O–H groups in total. The van der Waals surface area contributed by atoms with Crippen molar-refractivity contribution in [3.05, 3.63) is 76.9 Å². The van der Waals surface area contributed by atoms with Gasteiger partial charge in [-0.25, -0.2) is 13.2 Å². The zero-order valence-corrected chi connectivity index (χ0v) is 21.4. The van der Waals surface area contributed by atoms with Crippen molar-refractivity contribution in [3.63, 3.8) is 0 Å². The molecule has 37 heavy (non-hydrogen) atoms. The highest BCUT2D eigenvalue weighted by atomic mass is 19.2. The van der Waals surface area contributed by atoms with E-state index in [-0.39, 0.29) is 48.6 Å². The molecule has 0 unspecified atom stereocenters. The third-order valence-electron chi connectivity index (χ3n) is 7.73. The van der Waals surface area contributed by atoms with Crippen LogP contribution >= 0.6 is 0 Å². The molecule has 0 saturated heterocycles. The van der Waals surface area contributed by atoms with E-state index in [4.69, 9.17) is 14.2 Å². The summed E-state index contributed by atoms with van der Waals surface area (Å²) < 4.78 is 75.4. The van der Waals surface area contributed by atoms with Gasteiger partial charge in [-0.15, -0.1) is 0 Å². The molecule has 2 aliphatic carbocycles. The maximum absolute atomic E-state index is 15.1. The first-order valence-corrected chi connectivity index (χ1v) is 13.3. The van der Waals surface area contributed by atoms with E-state index in [1.165, 1.54) is 18.2 Å². The van der Waals surface area contributed by atoms with E-state index in [0.29, 0.717) is 43.4 Å². The highest BCUT2D eigenvalue weighted by Crippen LogP contribution is 2.40. The molecule has 0 atom stereocenters. The van der Waals surface area contributed by atoms with Crippen LogP contribution in [-0.2, 0) is 16.1 Å². The molecule has 0 heterocycles. The van der Waals surface area contributed by atoms with E-state index in [1.54, 1.807) is 12.1 Å². The molecule has 3 nitrogen and oxygen atoms in total. The SMILES string of the molecule is C=CCOc1ccc(COC2CCC(c3ccc(C4CCC(OCC)CC4)c(F)c3F)CC2)c(F)c1F. The average Bonchev–Trinajstić information content (AvgIpc) is 2.92. The van der Waals surface area contributed by atoms with E-state index < -0.39 is 23.3 Å². The summed E-state index contributed by atoms with van der Waals surface area (Å²) in [6.45, 7) is 6.15. The van der Waals surface area contributed by atoms with Crippen LogP contribution in [0.5, 0.6) is 5.75 Å². The van der Waals surface area contributed by atoms with Gasteiger partial charge in [-0.1, -0.05) is 24.8 Å². The van der Waals surface area contributed by atoms with Gasteiger partial charge in [-0.05, 0) is 93.4 Å². The second kappa shape index (κ2) is 12.9. The second-order valence-corrected chi connectivity index (χ2v) is 10.0. The lowest BCUT2D eigenvalue weighted by molar-refractivity contribution is 0.0116. The van der Waals surface area contributed by atoms with Gasteiger partial charge in [-0.2, -0.15) is 4.39 Å². The zero-order valence-electron chi connectivity index (χ0n) is 21.4. The number of hydrogen-bond acceptors (Lipinski definition) is 3. The first-order valence-electron chi connectivity index (χ1n) is 13.3. The normalized spacial score (nSPS) is 24.1. The molecule has 2 saturated carbocycles. The minimum absolute atomic E-state index is 0.0252. The van der Waals surface area contributed by atoms with Crippen LogP contribution in [0.2, 0.25) is 0 Å². The van der Waals surface area contributed by atoms with Crippen molar-refractivity contribution in [2.24, 2.45) is 0 Å². The van der Waals surface area contributed by atoms with Crippen molar-refractivity contribution in [2.45, 2.75) is 88.9 Å². The standard InChI is InChI=1S/C30H36F4O3/c1-3-17-36-26-16-9-21(27(31)30(26)34)18-37-23-12-7-20(8-13-23)25-15-14-24(28(32)29(25)33)19-5-10-22(11-6-19)35-4-2/h3,9,14-16,19-20,22-23H,1,4-8,10-13,17-18H2,2H3. The van der Waals surface area contributed by atoms with Crippen molar-refractivity contribution in [3.8, 4) is 5.75 Å². The number of ether oxygens (including phenoxy) is 3. The Kier molecular flexibility index (Phi) is 9.65. The zero-order chi connectivity index (χ0) is 26.4. The number of hydrogen-bond donors (Lipinski definition) is 0. The van der Waals surface area contributed by atoms with Crippen molar-refractivity contribution in [1.29, 1.82) is 0 Å². The average molecular weight is 521 g/mol. The molecule has 7 heteroatoms. The molecule has 2 fully saturated rings. The molecule has 0 radical (unpaired) electrons. The lowest BCUT2D eigenvalue weighted by Gasteiger charge is -2.31. The maximum Gasteiger partial charge on any atom is 0.200 e. The van der Waals surface area contributed by atoms with Crippen LogP contribution in [-0.4, -0.2) is 25.4 Å². The van der Waals surface area contributed by atoms with Crippen LogP contribution in [0.25, 0.3) is 0 Å². The van der Waals surface area contributed by atoms with Gasteiger partial charge in [0.1, 0.15) is 6.61 Å². The summed E-state index contributed by atoms with van der Waals surface area (Å²) in [6.07, 6.45) is 7.43. The van der Waals surface area contributed by atoms with E-state index >= 15 is 8.78 Å². The Bertz CT molecular complexity index is 1060. The maximum atomic E-state index is 15.1. The fraction of sp³-hybridized carbons (Fsp3) is 0.533. The molecular formula is C30H36F4O3. The Hall–Kier alpha value is -2.38. The largest absolute Gasteiger partial charge is 0.486 e. The van der Waals surface area contributed by atoms with Crippen molar-refractivity contribution >= 4 is 0 Å². The summed E-state index contributed by atoms with van der Waals surface area (Å²) in [6, 6.07) is 6.35. The summed E-state index contributed by atoms with van der Waals surface area (Å²) in [5.74, 6) is -3.71. The van der Waals surface area contributed by atoms with E-state index in [1.807, 2.05) is 6.92 Å². The van der Waals surface area contributed by atoms with Crippen LogP contribution < -0.4 is 4.74 Å². The summed E-state index contributed by atoms with van der Waals surface area (Å²) >= 11 is 0. The van der Waals surface area contributed by atoms with Crippen LogP contribution in [0, 0.1) is 23.3 Å². The number of halogens is 4. The molecular weight excluding hydrogens is 484 g/mol. The van der Waals surface area contributed by atoms with Crippen LogP contribution in [0.3, 0.4) is 0 Å². The molecule has 0 aromatic heterocycles.